The van der Waals surface area contributed by atoms with Crippen LogP contribution in [0.3, 0.4) is 0 Å². The molecule has 37 heavy (non-hydrogen) atoms. The summed E-state index contributed by atoms with van der Waals surface area (Å²) >= 11 is 0. The average molecular weight is 510 g/mol. The molecule has 2 aliphatic rings. The van der Waals surface area contributed by atoms with Gasteiger partial charge in [-0.2, -0.15) is 0 Å². The highest BCUT2D eigenvalue weighted by Gasteiger charge is 2.42. The van der Waals surface area contributed by atoms with E-state index in [0.717, 1.165) is 37.2 Å². The second-order valence-corrected chi connectivity index (χ2v) is 11.5. The van der Waals surface area contributed by atoms with Crippen molar-refractivity contribution in [2.24, 2.45) is 17.3 Å². The third-order valence-electron chi connectivity index (χ3n) is 7.77. The smallest absolute Gasteiger partial charge is 0.307 e. The predicted octanol–water partition coefficient (Wildman–Crippen LogP) is 4.15. The average Bonchev–Trinajstić information content (AvgIpc) is 3.32. The third kappa shape index (κ3) is 6.50. The van der Waals surface area contributed by atoms with Crippen LogP contribution in [-0.2, 0) is 14.4 Å². The Morgan fingerprint density at radius 2 is 1.89 bits per heavy atom. The van der Waals surface area contributed by atoms with E-state index in [2.05, 4.69) is 20.6 Å². The van der Waals surface area contributed by atoms with Gasteiger partial charge in [-0.1, -0.05) is 39.0 Å². The molecule has 1 aromatic carbocycles. The van der Waals surface area contributed by atoms with Gasteiger partial charge in [0.2, 0.25) is 11.8 Å². The summed E-state index contributed by atoms with van der Waals surface area (Å²) < 4.78 is 0. The monoisotopic (exact) mass is 509 g/mol. The molecule has 2 amide bonds. The van der Waals surface area contributed by atoms with Crippen molar-refractivity contribution >= 4 is 29.4 Å². The fourth-order valence-electron chi connectivity index (χ4n) is 5.92. The minimum Gasteiger partial charge on any atom is -0.481 e. The molecule has 9 heteroatoms. The number of carbonyl (C=O) groups is 3. The van der Waals surface area contributed by atoms with Gasteiger partial charge in [-0.05, 0) is 55.1 Å². The fraction of sp³-hybridized carbons (Fsp3) is 0.571. The third-order valence-corrected chi connectivity index (χ3v) is 7.77. The van der Waals surface area contributed by atoms with Crippen molar-refractivity contribution < 1.29 is 19.5 Å². The number of hydrogen-bond donors (Lipinski definition) is 4. The Labute approximate surface area is 218 Å². The molecule has 0 bridgehead atoms. The van der Waals surface area contributed by atoms with E-state index >= 15 is 0 Å². The first-order chi connectivity index (χ1) is 17.6. The Morgan fingerprint density at radius 1 is 1.16 bits per heavy atom. The number of aromatic nitrogens is 2. The minimum absolute atomic E-state index is 0.0643. The molecule has 2 aromatic rings. The predicted molar refractivity (Wildman–Crippen MR) is 142 cm³/mol. The largest absolute Gasteiger partial charge is 0.481 e. The zero-order valence-electron chi connectivity index (χ0n) is 22.0. The summed E-state index contributed by atoms with van der Waals surface area (Å²) in [7, 11) is 0. The number of benzene rings is 1. The second kappa shape index (κ2) is 11.4. The molecule has 1 aromatic heterocycles. The van der Waals surface area contributed by atoms with Crippen LogP contribution < -0.4 is 15.5 Å². The van der Waals surface area contributed by atoms with Gasteiger partial charge in [0.15, 0.2) is 5.95 Å². The van der Waals surface area contributed by atoms with Crippen molar-refractivity contribution in [3.63, 3.8) is 0 Å². The summed E-state index contributed by atoms with van der Waals surface area (Å²) in [4.78, 5) is 47.2. The highest BCUT2D eigenvalue weighted by atomic mass is 16.4. The number of nitrogens with one attached hydrogen (secondary N) is 3. The van der Waals surface area contributed by atoms with Crippen molar-refractivity contribution in [3.8, 4) is 0 Å². The molecule has 9 nitrogen and oxygen atoms in total. The number of carboxylic acid groups (broad SMARTS) is 1. The number of amides is 2. The van der Waals surface area contributed by atoms with Gasteiger partial charge in [-0.15, -0.1) is 0 Å². The van der Waals surface area contributed by atoms with Crippen LogP contribution >= 0.6 is 0 Å². The maximum Gasteiger partial charge on any atom is 0.307 e. The molecule has 2 heterocycles. The van der Waals surface area contributed by atoms with Gasteiger partial charge in [-0.3, -0.25) is 14.4 Å². The van der Waals surface area contributed by atoms with Crippen LogP contribution in [0.1, 0.15) is 70.8 Å². The Hall–Kier alpha value is -3.36. The van der Waals surface area contributed by atoms with Crippen LogP contribution in [-0.4, -0.2) is 52.0 Å². The first kappa shape index (κ1) is 26.7. The number of para-hydroxylation sites is 1. The van der Waals surface area contributed by atoms with Gasteiger partial charge in [0.05, 0.1) is 5.92 Å². The van der Waals surface area contributed by atoms with Gasteiger partial charge in [0, 0.05) is 43.0 Å². The van der Waals surface area contributed by atoms with Gasteiger partial charge in [0.25, 0.3) is 0 Å². The number of imidazole rings is 1. The van der Waals surface area contributed by atoms with Crippen LogP contribution in [0.4, 0.5) is 11.6 Å². The van der Waals surface area contributed by atoms with Gasteiger partial charge < -0.3 is 25.6 Å². The van der Waals surface area contributed by atoms with E-state index in [-0.39, 0.29) is 30.7 Å². The van der Waals surface area contributed by atoms with Gasteiger partial charge in [0.1, 0.15) is 6.54 Å². The zero-order valence-corrected chi connectivity index (χ0v) is 22.0. The number of fused-ring (bicyclic) bond motifs is 1. The second-order valence-electron chi connectivity index (χ2n) is 11.5. The molecule has 200 valence electrons. The Bertz CT molecular complexity index is 1090. The molecular formula is C28H39N5O4. The van der Waals surface area contributed by atoms with E-state index in [4.69, 9.17) is 0 Å². The molecule has 2 atom stereocenters. The van der Waals surface area contributed by atoms with E-state index in [0.29, 0.717) is 30.6 Å². The normalized spacial score (nSPS) is 23.1. The topological polar surface area (TPSA) is 127 Å². The highest BCUT2D eigenvalue weighted by Crippen LogP contribution is 2.45. The summed E-state index contributed by atoms with van der Waals surface area (Å²) in [5, 5.41) is 16.5. The molecular weight excluding hydrogens is 470 g/mol. The van der Waals surface area contributed by atoms with Crippen LogP contribution in [0.2, 0.25) is 0 Å². The zero-order chi connectivity index (χ0) is 26.6. The van der Waals surface area contributed by atoms with Crippen molar-refractivity contribution in [2.45, 2.75) is 71.3 Å². The summed E-state index contributed by atoms with van der Waals surface area (Å²) in [6.07, 6.45) is 8.22. The van der Waals surface area contributed by atoms with E-state index in [1.54, 1.807) is 12.4 Å². The van der Waals surface area contributed by atoms with Crippen molar-refractivity contribution in [1.82, 2.24) is 15.3 Å². The number of carboxylic acids is 1. The van der Waals surface area contributed by atoms with E-state index in [1.165, 1.54) is 4.90 Å². The van der Waals surface area contributed by atoms with Crippen LogP contribution in [0.5, 0.6) is 0 Å². The lowest BCUT2D eigenvalue weighted by Gasteiger charge is -2.34. The van der Waals surface area contributed by atoms with E-state index in [9.17, 15) is 19.5 Å². The number of nitrogens with zero attached hydrogens (tertiary/aromatic N) is 2. The maximum absolute atomic E-state index is 13.2. The lowest BCUT2D eigenvalue weighted by molar-refractivity contribution is -0.147. The quantitative estimate of drug-likeness (QED) is 0.423. The first-order valence-corrected chi connectivity index (χ1v) is 13.3. The van der Waals surface area contributed by atoms with Gasteiger partial charge >= 0.3 is 5.97 Å². The number of anilines is 2. The standard InChI is InChI=1S/C28H39N5O4/c1-28(2,3)25(26(36)37)21-12-13-24(35)33(22-7-5-4-6-20(21)22)17-23(34)31-16-18-8-10-19(11-9-18)32-27-29-14-15-30-27/h4-7,14-15,18-19,21,25H,8-13,16-17H2,1-3H3,(H,31,34)(H,36,37)(H2,29,30,32). The van der Waals surface area contributed by atoms with E-state index in [1.807, 2.05) is 45.0 Å². The van der Waals surface area contributed by atoms with Gasteiger partial charge in [-0.25, -0.2) is 4.98 Å². The molecule has 1 aliphatic carbocycles. The summed E-state index contributed by atoms with van der Waals surface area (Å²) in [5.74, 6) is -0.962. The lowest BCUT2D eigenvalue weighted by Crippen LogP contribution is -2.42. The van der Waals surface area contributed by atoms with Crippen LogP contribution in [0.15, 0.2) is 36.7 Å². The highest BCUT2D eigenvalue weighted by molar-refractivity contribution is 6.00. The molecule has 4 rings (SSSR count). The Morgan fingerprint density at radius 3 is 2.54 bits per heavy atom. The molecule has 0 spiro atoms. The molecule has 4 N–H and O–H groups in total. The van der Waals surface area contributed by atoms with Crippen molar-refractivity contribution in [3.05, 3.63) is 42.2 Å². The minimum atomic E-state index is -0.861. The van der Waals surface area contributed by atoms with Crippen LogP contribution in [0, 0.1) is 17.3 Å². The van der Waals surface area contributed by atoms with Crippen molar-refractivity contribution in [2.75, 3.05) is 23.3 Å². The number of hydrogen-bond acceptors (Lipinski definition) is 5. The number of rotatable bonds is 8. The Balaban J connectivity index is 1.38. The molecule has 1 saturated carbocycles. The van der Waals surface area contributed by atoms with Crippen molar-refractivity contribution in [1.29, 1.82) is 0 Å². The SMILES string of the molecule is CC(C)(C)C(C(=O)O)C1CCC(=O)N(CC(=O)NCC2CCC(Nc3ncc[nH]3)CC2)c2ccccc21. The van der Waals surface area contributed by atoms with Crippen LogP contribution in [0.25, 0.3) is 0 Å². The summed E-state index contributed by atoms with van der Waals surface area (Å²) in [6.45, 7) is 6.29. The fourth-order valence-corrected chi connectivity index (χ4v) is 5.92. The number of aliphatic carboxylic acids is 1. The summed E-state index contributed by atoms with van der Waals surface area (Å²) in [5.41, 5.74) is 0.988. The number of aromatic amines is 1. The molecule has 1 fully saturated rings. The Kier molecular flexibility index (Phi) is 8.19. The maximum atomic E-state index is 13.2. The number of H-pyrrole nitrogens is 1. The molecule has 2 unspecified atom stereocenters. The van der Waals surface area contributed by atoms with E-state index < -0.39 is 17.3 Å². The lowest BCUT2D eigenvalue weighted by atomic mass is 9.69. The first-order valence-electron chi connectivity index (χ1n) is 13.3. The molecule has 0 saturated heterocycles. The summed E-state index contributed by atoms with van der Waals surface area (Å²) in [6, 6.07) is 7.81. The number of carbonyl (C=O) groups excluding carboxylic acids is 2. The molecule has 0 radical (unpaired) electrons. The molecule has 1 aliphatic heterocycles.